The van der Waals surface area contributed by atoms with E-state index in [0.717, 1.165) is 20.7 Å². The molecule has 4 aromatic rings. The Bertz CT molecular complexity index is 1790. The normalized spacial score (nSPS) is 11.2. The third-order valence-electron chi connectivity index (χ3n) is 7.15. The number of esters is 1. The Hall–Kier alpha value is -4.66. The summed E-state index contributed by atoms with van der Waals surface area (Å²) in [5.41, 5.74) is 6.78. The van der Waals surface area contributed by atoms with E-state index in [1.165, 1.54) is 45.2 Å². The summed E-state index contributed by atoms with van der Waals surface area (Å²) in [5.74, 6) is -2.54. The number of para-hydroxylation sites is 2. The number of rotatable bonds is 13. The number of methoxy groups -OCH3 is 1. The van der Waals surface area contributed by atoms with E-state index in [4.69, 9.17) is 5.73 Å². The van der Waals surface area contributed by atoms with Gasteiger partial charge in [0.15, 0.2) is 5.78 Å². The quantitative estimate of drug-likeness (QED) is 0.146. The van der Waals surface area contributed by atoms with Crippen LogP contribution in [0.25, 0.3) is 0 Å². The number of carbonyl (C=O) groups is 2. The van der Waals surface area contributed by atoms with Crippen LogP contribution in [-0.4, -0.2) is 53.7 Å². The lowest BCUT2D eigenvalue weighted by atomic mass is 10.1. The standard InChI is InChI=1S/C17H19FN2O3S.C17H18FNO4S/c1-2-24(22,23)20(15-6-4-3-5-7-15)12-14-9-8-13(10-16(14)18)17(21)11-19;1-3-24(21,22)19(15-7-5-4-6-8-15)12-14-10-9-13(11-16(14)18)17(20)23-2/h3-10H,2,11-12,19H2,1H3;4-11H,3,12H2,1-2H3. The Morgan fingerprint density at radius 1 is 0.667 bits per heavy atom. The molecule has 0 spiro atoms. The second-order valence-corrected chi connectivity index (χ2v) is 14.6. The van der Waals surface area contributed by atoms with E-state index in [0.29, 0.717) is 11.4 Å². The molecule has 0 saturated heterocycles. The van der Waals surface area contributed by atoms with Crippen LogP contribution >= 0.6 is 0 Å². The minimum absolute atomic E-state index is 0.0726. The Morgan fingerprint density at radius 3 is 1.42 bits per heavy atom. The molecule has 256 valence electrons. The summed E-state index contributed by atoms with van der Waals surface area (Å²) in [6.07, 6.45) is 0. The molecule has 0 radical (unpaired) electrons. The summed E-state index contributed by atoms with van der Waals surface area (Å²) in [6.45, 7) is 2.54. The van der Waals surface area contributed by atoms with E-state index in [9.17, 15) is 35.2 Å². The van der Waals surface area contributed by atoms with Crippen molar-refractivity contribution in [2.24, 2.45) is 5.73 Å². The van der Waals surface area contributed by atoms with E-state index in [-0.39, 0.29) is 59.2 Å². The van der Waals surface area contributed by atoms with E-state index in [1.54, 1.807) is 60.7 Å². The summed E-state index contributed by atoms with van der Waals surface area (Å²) in [4.78, 5) is 23.0. The van der Waals surface area contributed by atoms with Crippen LogP contribution in [0, 0.1) is 11.6 Å². The molecule has 0 fully saturated rings. The number of Topliss-reactive ketones (excluding diaryl/α,β-unsaturated/α-hetero) is 1. The van der Waals surface area contributed by atoms with Gasteiger partial charge in [0.2, 0.25) is 20.0 Å². The summed E-state index contributed by atoms with van der Waals surface area (Å²) in [7, 11) is -5.96. The van der Waals surface area contributed by atoms with Gasteiger partial charge in [0.25, 0.3) is 0 Å². The number of nitrogens with two attached hydrogens (primary N) is 1. The number of carbonyl (C=O) groups excluding carboxylic acids is 2. The van der Waals surface area contributed by atoms with Gasteiger partial charge in [-0.3, -0.25) is 13.4 Å². The molecule has 10 nitrogen and oxygen atoms in total. The van der Waals surface area contributed by atoms with E-state index >= 15 is 0 Å². The van der Waals surface area contributed by atoms with Gasteiger partial charge in [-0.05, 0) is 56.3 Å². The maximum absolute atomic E-state index is 14.3. The lowest BCUT2D eigenvalue weighted by Gasteiger charge is -2.24. The molecule has 14 heteroatoms. The molecule has 0 unspecified atom stereocenters. The number of hydrogen-bond donors (Lipinski definition) is 1. The third-order valence-corrected chi connectivity index (χ3v) is 10.6. The fraction of sp³-hybridized carbons (Fsp3) is 0.235. The topological polar surface area (TPSA) is 144 Å². The van der Waals surface area contributed by atoms with Crippen LogP contribution in [0.15, 0.2) is 97.1 Å². The zero-order valence-corrected chi connectivity index (χ0v) is 28.3. The average Bonchev–Trinajstić information content (AvgIpc) is 3.10. The first-order valence-electron chi connectivity index (χ1n) is 14.8. The Kier molecular flexibility index (Phi) is 13.3. The van der Waals surface area contributed by atoms with Crippen LogP contribution in [0.5, 0.6) is 0 Å². The van der Waals surface area contributed by atoms with Crippen LogP contribution in [0.1, 0.15) is 45.7 Å². The van der Waals surface area contributed by atoms with Crippen molar-refractivity contribution in [3.63, 3.8) is 0 Å². The van der Waals surface area contributed by atoms with Crippen molar-refractivity contribution in [3.05, 3.63) is 131 Å². The summed E-state index contributed by atoms with van der Waals surface area (Å²) >= 11 is 0. The van der Waals surface area contributed by atoms with Gasteiger partial charge < -0.3 is 10.5 Å². The molecule has 0 atom stereocenters. The fourth-order valence-electron chi connectivity index (χ4n) is 4.40. The van der Waals surface area contributed by atoms with Crippen molar-refractivity contribution in [2.45, 2.75) is 26.9 Å². The highest BCUT2D eigenvalue weighted by molar-refractivity contribution is 7.93. The predicted octanol–water partition coefficient (Wildman–Crippen LogP) is 5.29. The molecule has 0 aliphatic heterocycles. The zero-order chi connectivity index (χ0) is 35.5. The number of halogens is 2. The van der Waals surface area contributed by atoms with E-state index in [1.807, 2.05) is 0 Å². The first-order chi connectivity index (χ1) is 22.8. The molecule has 4 aromatic carbocycles. The fourth-order valence-corrected chi connectivity index (χ4v) is 6.58. The molecule has 2 N–H and O–H groups in total. The molecule has 4 rings (SSSR count). The molecular formula is C34H37F2N3O7S2. The summed E-state index contributed by atoms with van der Waals surface area (Å²) < 4.78 is 84.9. The molecule has 0 aromatic heterocycles. The van der Waals surface area contributed by atoms with Crippen LogP contribution in [0.3, 0.4) is 0 Å². The summed E-state index contributed by atoms with van der Waals surface area (Å²) in [5, 5.41) is 0. The number of nitrogens with zero attached hydrogens (tertiary/aromatic N) is 2. The van der Waals surface area contributed by atoms with Gasteiger partial charge in [0, 0.05) is 16.7 Å². The third kappa shape index (κ3) is 9.69. The van der Waals surface area contributed by atoms with Crippen LogP contribution in [0.2, 0.25) is 0 Å². The second kappa shape index (κ2) is 16.9. The Labute approximate surface area is 279 Å². The number of hydrogen-bond acceptors (Lipinski definition) is 8. The molecule has 0 amide bonds. The van der Waals surface area contributed by atoms with Gasteiger partial charge in [-0.15, -0.1) is 0 Å². The van der Waals surface area contributed by atoms with Gasteiger partial charge in [0.1, 0.15) is 11.6 Å². The van der Waals surface area contributed by atoms with Crippen molar-refractivity contribution >= 4 is 43.2 Å². The van der Waals surface area contributed by atoms with E-state index in [2.05, 4.69) is 4.74 Å². The Morgan fingerprint density at radius 2 is 1.06 bits per heavy atom. The number of ketones is 1. The summed E-state index contributed by atoms with van der Waals surface area (Å²) in [6, 6.07) is 24.8. The first kappa shape index (κ1) is 37.8. The van der Waals surface area contributed by atoms with Crippen molar-refractivity contribution in [1.29, 1.82) is 0 Å². The van der Waals surface area contributed by atoms with Crippen molar-refractivity contribution < 1.29 is 39.9 Å². The van der Waals surface area contributed by atoms with Crippen LogP contribution in [-0.2, 0) is 37.9 Å². The molecule has 0 aliphatic carbocycles. The monoisotopic (exact) mass is 701 g/mol. The lowest BCUT2D eigenvalue weighted by Crippen LogP contribution is -2.32. The number of anilines is 2. The van der Waals surface area contributed by atoms with Crippen LogP contribution < -0.4 is 14.3 Å². The zero-order valence-electron chi connectivity index (χ0n) is 26.7. The van der Waals surface area contributed by atoms with Gasteiger partial charge in [0.05, 0.1) is 55.2 Å². The van der Waals surface area contributed by atoms with Gasteiger partial charge >= 0.3 is 5.97 Å². The number of benzene rings is 4. The second-order valence-electron chi connectivity index (χ2n) is 10.2. The smallest absolute Gasteiger partial charge is 0.337 e. The van der Waals surface area contributed by atoms with Crippen LogP contribution in [0.4, 0.5) is 20.2 Å². The number of sulfonamides is 2. The highest BCUT2D eigenvalue weighted by Crippen LogP contribution is 2.24. The maximum Gasteiger partial charge on any atom is 0.337 e. The maximum atomic E-state index is 14.3. The highest BCUT2D eigenvalue weighted by atomic mass is 32.2. The molecule has 0 saturated carbocycles. The molecule has 0 bridgehead atoms. The lowest BCUT2D eigenvalue weighted by molar-refractivity contribution is 0.0600. The molecular weight excluding hydrogens is 665 g/mol. The first-order valence-corrected chi connectivity index (χ1v) is 18.0. The minimum Gasteiger partial charge on any atom is -0.465 e. The Balaban J connectivity index is 0.000000260. The molecule has 0 heterocycles. The minimum atomic E-state index is -3.58. The van der Waals surface area contributed by atoms with Gasteiger partial charge in [-0.1, -0.05) is 54.6 Å². The predicted molar refractivity (Wildman–Crippen MR) is 182 cm³/mol. The largest absolute Gasteiger partial charge is 0.465 e. The highest BCUT2D eigenvalue weighted by Gasteiger charge is 2.24. The van der Waals surface area contributed by atoms with Crippen molar-refractivity contribution in [2.75, 3.05) is 33.8 Å². The molecule has 48 heavy (non-hydrogen) atoms. The SMILES string of the molecule is CCS(=O)(=O)N(Cc1ccc(C(=O)CN)cc1F)c1ccccc1.CCS(=O)(=O)N(Cc1ccc(C(=O)OC)cc1F)c1ccccc1. The van der Waals surface area contributed by atoms with Crippen molar-refractivity contribution in [1.82, 2.24) is 0 Å². The van der Waals surface area contributed by atoms with Gasteiger partial charge in [-0.2, -0.15) is 0 Å². The van der Waals surface area contributed by atoms with Crippen molar-refractivity contribution in [3.8, 4) is 0 Å². The average molecular weight is 702 g/mol. The number of ether oxygens (including phenoxy) is 1. The van der Waals surface area contributed by atoms with Gasteiger partial charge in [-0.25, -0.2) is 30.4 Å². The molecule has 0 aliphatic rings. The van der Waals surface area contributed by atoms with E-state index < -0.39 is 37.7 Å².